The third kappa shape index (κ3) is 45.0. The third-order valence-corrected chi connectivity index (χ3v) is 14.9. The van der Waals surface area contributed by atoms with Crippen LogP contribution in [-0.4, -0.2) is 89.2 Å². The summed E-state index contributed by atoms with van der Waals surface area (Å²) in [6, 6.07) is 0. The van der Waals surface area contributed by atoms with Gasteiger partial charge in [-0.25, -0.2) is 4.79 Å². The van der Waals surface area contributed by atoms with Gasteiger partial charge in [0.2, 0.25) is 0 Å². The minimum absolute atomic E-state index is 0.0509. The minimum atomic E-state index is -1.91. The quantitative estimate of drug-likeness (QED) is 0.0228. The van der Waals surface area contributed by atoms with Gasteiger partial charge in [-0.05, 0) is 77.0 Å². The van der Waals surface area contributed by atoms with Crippen LogP contribution in [0.3, 0.4) is 0 Å². The van der Waals surface area contributed by atoms with Gasteiger partial charge in [0.05, 0.1) is 6.61 Å². The van der Waals surface area contributed by atoms with Crippen LogP contribution in [0.4, 0.5) is 0 Å². The summed E-state index contributed by atoms with van der Waals surface area (Å²) < 4.78 is 28.5. The second kappa shape index (κ2) is 55.2. The fourth-order valence-corrected chi connectivity index (χ4v) is 9.91. The Morgan fingerprint density at radius 2 is 0.797 bits per heavy atom. The van der Waals surface area contributed by atoms with E-state index in [9.17, 15) is 34.5 Å². The fourth-order valence-electron chi connectivity index (χ4n) is 9.91. The molecule has 458 valence electrons. The van der Waals surface area contributed by atoms with Crippen LogP contribution >= 0.6 is 0 Å². The van der Waals surface area contributed by atoms with E-state index >= 15 is 0 Å². The van der Waals surface area contributed by atoms with Gasteiger partial charge in [0.15, 0.2) is 24.6 Å². The molecule has 3 N–H and O–H groups in total. The molecule has 1 heterocycles. The summed E-state index contributed by atoms with van der Waals surface area (Å²) in [7, 11) is 0. The van der Waals surface area contributed by atoms with E-state index in [1.165, 1.54) is 135 Å². The summed E-state index contributed by atoms with van der Waals surface area (Å²) in [5.41, 5.74) is 0. The molecule has 0 aromatic heterocycles. The molecule has 12 heteroatoms. The highest BCUT2D eigenvalue weighted by Crippen LogP contribution is 2.27. The van der Waals surface area contributed by atoms with E-state index < -0.39 is 67.3 Å². The molecule has 1 aliphatic heterocycles. The van der Waals surface area contributed by atoms with E-state index in [0.29, 0.717) is 19.3 Å². The Kier molecular flexibility index (Phi) is 51.5. The lowest BCUT2D eigenvalue weighted by atomic mass is 9.98. The molecule has 1 rings (SSSR count). The molecule has 0 amide bonds. The number of unbranched alkanes of at least 4 members (excludes halogenated alkanes) is 34. The Hall–Kier alpha value is -3.32. The predicted molar refractivity (Wildman–Crippen MR) is 322 cm³/mol. The van der Waals surface area contributed by atoms with Gasteiger partial charge in [0.1, 0.15) is 18.8 Å². The van der Waals surface area contributed by atoms with Gasteiger partial charge in [-0.15, -0.1) is 0 Å². The molecule has 12 nitrogen and oxygen atoms in total. The second-order valence-corrected chi connectivity index (χ2v) is 22.4. The molecule has 0 bridgehead atoms. The van der Waals surface area contributed by atoms with Crippen LogP contribution in [0.1, 0.15) is 303 Å². The molecule has 1 fully saturated rings. The van der Waals surface area contributed by atoms with Crippen molar-refractivity contribution in [3.63, 3.8) is 0 Å². The number of hydrogen-bond donors (Lipinski definition) is 3. The average molecular weight is 1120 g/mol. The third-order valence-electron chi connectivity index (χ3n) is 14.9. The van der Waals surface area contributed by atoms with Crippen LogP contribution < -0.4 is 0 Å². The normalized spacial score (nSPS) is 18.1. The Balaban J connectivity index is 2.65. The molecular weight excluding hydrogens is 997 g/mol. The highest BCUT2D eigenvalue weighted by atomic mass is 16.7. The molecule has 0 aliphatic carbocycles. The molecule has 0 radical (unpaired) electrons. The summed E-state index contributed by atoms with van der Waals surface area (Å²) in [5.74, 6) is -3.11. The van der Waals surface area contributed by atoms with Crippen molar-refractivity contribution in [2.45, 2.75) is 340 Å². The molecule has 0 aromatic carbocycles. The van der Waals surface area contributed by atoms with E-state index in [1.54, 1.807) is 0 Å². The lowest BCUT2D eigenvalue weighted by molar-refractivity contribution is -0.301. The molecule has 79 heavy (non-hydrogen) atoms. The number of carbonyl (C=O) groups is 4. The van der Waals surface area contributed by atoms with E-state index in [4.69, 9.17) is 23.7 Å². The van der Waals surface area contributed by atoms with E-state index in [0.717, 1.165) is 109 Å². The van der Waals surface area contributed by atoms with Gasteiger partial charge in [-0.1, -0.05) is 256 Å². The first kappa shape index (κ1) is 73.7. The number of aliphatic carboxylic acids is 1. The number of rotatable bonds is 56. The van der Waals surface area contributed by atoms with Crippen molar-refractivity contribution in [1.82, 2.24) is 0 Å². The van der Waals surface area contributed by atoms with Crippen LogP contribution in [-0.2, 0) is 42.9 Å². The molecule has 1 saturated heterocycles. The summed E-state index contributed by atoms with van der Waals surface area (Å²) in [6.07, 6.45) is 54.9. The van der Waals surface area contributed by atoms with Crippen LogP contribution in [0.2, 0.25) is 0 Å². The summed E-state index contributed by atoms with van der Waals surface area (Å²) in [4.78, 5) is 51.3. The van der Waals surface area contributed by atoms with Crippen LogP contribution in [0.15, 0.2) is 48.6 Å². The van der Waals surface area contributed by atoms with Crippen molar-refractivity contribution in [1.29, 1.82) is 0 Å². The highest BCUT2D eigenvalue weighted by molar-refractivity contribution is 5.74. The number of carbonyl (C=O) groups excluding carboxylic acids is 3. The second-order valence-electron chi connectivity index (χ2n) is 22.4. The van der Waals surface area contributed by atoms with Gasteiger partial charge < -0.3 is 39.0 Å². The van der Waals surface area contributed by atoms with Crippen molar-refractivity contribution in [3.8, 4) is 0 Å². The number of allylic oxidation sites excluding steroid dienone is 8. The molecule has 0 spiro atoms. The van der Waals surface area contributed by atoms with Crippen LogP contribution in [0, 0.1) is 0 Å². The van der Waals surface area contributed by atoms with Gasteiger partial charge >= 0.3 is 23.9 Å². The van der Waals surface area contributed by atoms with Crippen molar-refractivity contribution >= 4 is 23.9 Å². The lowest BCUT2D eigenvalue weighted by Gasteiger charge is -2.40. The maximum atomic E-state index is 13.2. The number of hydrogen-bond acceptors (Lipinski definition) is 11. The standard InChI is InChI=1S/C67H118O12/c1-4-7-10-13-16-19-22-25-28-30-33-35-38-41-44-47-50-53-59(68)75-56-58(77-60(69)54-51-48-45-42-39-36-32-27-24-21-18-15-12-9-6-3)57-76-67-65(63(72)62(71)64(79-67)66(73)74)78-61(70)55-52-49-46-43-40-37-34-31-29-26-23-20-17-14-11-8-5-2/h8,11,17,20,25-26,28-29,58,62-65,67,71-72H,4-7,9-10,12-16,18-19,21-24,27,30-57H2,1-3H3,(H,73,74)/b11-8-,20-17-,28-25-,29-26-. The molecule has 6 atom stereocenters. The van der Waals surface area contributed by atoms with Crippen molar-refractivity contribution in [2.24, 2.45) is 0 Å². The summed E-state index contributed by atoms with van der Waals surface area (Å²) in [6.45, 7) is 5.92. The molecule has 6 unspecified atom stereocenters. The number of aliphatic hydroxyl groups excluding tert-OH is 2. The average Bonchev–Trinajstić information content (AvgIpc) is 3.43. The summed E-state index contributed by atoms with van der Waals surface area (Å²) in [5, 5.41) is 31.6. The Bertz CT molecular complexity index is 1560. The zero-order valence-electron chi connectivity index (χ0n) is 50.6. The first-order chi connectivity index (χ1) is 38.6. The monoisotopic (exact) mass is 1110 g/mol. The van der Waals surface area contributed by atoms with Crippen LogP contribution in [0.5, 0.6) is 0 Å². The fraction of sp³-hybridized carbons (Fsp3) is 0.821. The van der Waals surface area contributed by atoms with Gasteiger partial charge in [-0.2, -0.15) is 0 Å². The number of aliphatic hydroxyl groups is 2. The number of carboxylic acid groups (broad SMARTS) is 1. The maximum Gasteiger partial charge on any atom is 0.335 e. The first-order valence-corrected chi connectivity index (χ1v) is 32.6. The minimum Gasteiger partial charge on any atom is -0.479 e. The van der Waals surface area contributed by atoms with E-state index in [2.05, 4.69) is 69.4 Å². The van der Waals surface area contributed by atoms with Gasteiger partial charge in [0.25, 0.3) is 0 Å². The molecule has 1 aliphatic rings. The van der Waals surface area contributed by atoms with E-state index in [-0.39, 0.29) is 25.9 Å². The lowest BCUT2D eigenvalue weighted by Crippen LogP contribution is -2.61. The largest absolute Gasteiger partial charge is 0.479 e. The first-order valence-electron chi connectivity index (χ1n) is 32.6. The van der Waals surface area contributed by atoms with Gasteiger partial charge in [-0.3, -0.25) is 14.4 Å². The van der Waals surface area contributed by atoms with Gasteiger partial charge in [0, 0.05) is 19.3 Å². The molecular formula is C67H118O12. The van der Waals surface area contributed by atoms with E-state index in [1.807, 2.05) is 0 Å². The SMILES string of the molecule is CC/C=C\C/C=C\C/C=C\CCCCCCCCCC(=O)OC1C(OCC(COC(=O)CCCCCCCCC/C=C\CCCCCCCC)OC(=O)CCCCCCCCCCCCCCCCC)OC(C(=O)O)C(O)C1O. The van der Waals surface area contributed by atoms with Crippen molar-refractivity contribution in [3.05, 3.63) is 48.6 Å². The number of carboxylic acids is 1. The maximum absolute atomic E-state index is 13.2. The topological polar surface area (TPSA) is 175 Å². The van der Waals surface area contributed by atoms with Crippen molar-refractivity contribution in [2.75, 3.05) is 13.2 Å². The van der Waals surface area contributed by atoms with Crippen molar-refractivity contribution < 1.29 is 58.2 Å². The number of esters is 3. The molecule has 0 aromatic rings. The highest BCUT2D eigenvalue weighted by Gasteiger charge is 2.50. The number of ether oxygens (including phenoxy) is 5. The summed E-state index contributed by atoms with van der Waals surface area (Å²) >= 11 is 0. The molecule has 0 saturated carbocycles. The zero-order chi connectivity index (χ0) is 57.5. The smallest absolute Gasteiger partial charge is 0.335 e. The zero-order valence-corrected chi connectivity index (χ0v) is 50.6. The Labute approximate surface area is 482 Å². The Morgan fingerprint density at radius 1 is 0.430 bits per heavy atom. The Morgan fingerprint density at radius 3 is 1.23 bits per heavy atom. The predicted octanol–water partition coefficient (Wildman–Crippen LogP) is 17.3. The van der Waals surface area contributed by atoms with Crippen LogP contribution in [0.25, 0.3) is 0 Å².